The molecule has 0 saturated carbocycles. The van der Waals surface area contributed by atoms with Gasteiger partial charge in [-0.1, -0.05) is 36.0 Å². The van der Waals surface area contributed by atoms with Crippen LogP contribution in [0.4, 0.5) is 0 Å². The minimum Gasteiger partial charge on any atom is -0.467 e. The van der Waals surface area contributed by atoms with Gasteiger partial charge in [0.25, 0.3) is 5.91 Å². The van der Waals surface area contributed by atoms with Crippen LogP contribution < -0.4 is 0 Å². The average molecular weight is 451 g/mol. The molecular weight excluding hydrogens is 432 g/mol. The van der Waals surface area contributed by atoms with Crippen molar-refractivity contribution in [3.63, 3.8) is 0 Å². The molecule has 3 aromatic heterocycles. The number of hydrogen-bond donors (Lipinski definition) is 0. The maximum Gasteiger partial charge on any atom is 0.253 e. The lowest BCUT2D eigenvalue weighted by Gasteiger charge is -2.19. The number of furan rings is 1. The van der Waals surface area contributed by atoms with Crippen LogP contribution in [0.5, 0.6) is 0 Å². The zero-order chi connectivity index (χ0) is 21.2. The van der Waals surface area contributed by atoms with Gasteiger partial charge in [0.2, 0.25) is 5.16 Å². The second kappa shape index (κ2) is 8.48. The molecule has 0 fully saturated rings. The summed E-state index contributed by atoms with van der Waals surface area (Å²) in [7, 11) is 0. The number of benzene rings is 1. The first-order chi connectivity index (χ1) is 15.2. The summed E-state index contributed by atoms with van der Waals surface area (Å²) in [5.41, 5.74) is 2.82. The fourth-order valence-electron chi connectivity index (χ4n) is 3.45. The Hall–Kier alpha value is -3.24. The monoisotopic (exact) mass is 450 g/mol. The van der Waals surface area contributed by atoms with Crippen molar-refractivity contribution >= 4 is 34.7 Å². The second-order valence-corrected chi connectivity index (χ2v) is 8.84. The van der Waals surface area contributed by atoms with Crippen LogP contribution in [0.15, 0.2) is 74.8 Å². The molecule has 0 aliphatic carbocycles. The summed E-state index contributed by atoms with van der Waals surface area (Å²) < 4.78 is 7.25. The van der Waals surface area contributed by atoms with E-state index in [0.29, 0.717) is 11.6 Å². The van der Waals surface area contributed by atoms with Crippen LogP contribution in [0, 0.1) is 6.92 Å². The quantitative estimate of drug-likeness (QED) is 0.411. The van der Waals surface area contributed by atoms with Gasteiger partial charge < -0.3 is 4.42 Å². The van der Waals surface area contributed by atoms with E-state index in [0.717, 1.165) is 27.6 Å². The van der Waals surface area contributed by atoms with Crippen molar-refractivity contribution in [2.75, 3.05) is 5.75 Å². The lowest BCUT2D eigenvalue weighted by atomic mass is 10.1. The number of carbonyl (C=O) groups is 1. The SMILES string of the molecule is Cc1ccccc1-n1nnnc1SCC(=O)N1N=C(c2cccs2)C[C@H]1c1ccco1. The predicted octanol–water partition coefficient (Wildman–Crippen LogP) is 4.10. The molecule has 1 aliphatic rings. The van der Waals surface area contributed by atoms with E-state index in [1.165, 1.54) is 16.8 Å². The van der Waals surface area contributed by atoms with Crippen molar-refractivity contribution in [3.8, 4) is 5.69 Å². The van der Waals surface area contributed by atoms with Crippen LogP contribution in [0.1, 0.15) is 28.7 Å². The summed E-state index contributed by atoms with van der Waals surface area (Å²) in [5, 5.41) is 20.7. The molecule has 156 valence electrons. The fraction of sp³-hybridized carbons (Fsp3) is 0.190. The summed E-state index contributed by atoms with van der Waals surface area (Å²) in [6.07, 6.45) is 2.23. The maximum absolute atomic E-state index is 13.2. The molecule has 0 radical (unpaired) electrons. The highest BCUT2D eigenvalue weighted by Gasteiger charge is 2.35. The molecular formula is C21H18N6O2S2. The normalized spacial score (nSPS) is 16.0. The average Bonchev–Trinajstić information content (AvgIpc) is 3.58. The summed E-state index contributed by atoms with van der Waals surface area (Å²) in [5.74, 6) is 0.751. The van der Waals surface area contributed by atoms with Gasteiger partial charge in [-0.05, 0) is 52.6 Å². The number of hydrogen-bond acceptors (Lipinski definition) is 8. The zero-order valence-corrected chi connectivity index (χ0v) is 18.2. The summed E-state index contributed by atoms with van der Waals surface area (Å²) >= 11 is 2.90. The smallest absolute Gasteiger partial charge is 0.253 e. The zero-order valence-electron chi connectivity index (χ0n) is 16.6. The van der Waals surface area contributed by atoms with Crippen molar-refractivity contribution in [2.45, 2.75) is 24.5 Å². The standard InChI is InChI=1S/C21H18N6O2S2/c1-14-6-2-3-7-16(14)27-21(22-24-25-27)31-13-20(28)26-17(18-8-4-10-29-18)12-15(23-26)19-9-5-11-30-19/h2-11,17H,12-13H2,1H3/t17-/m0/s1. The van der Waals surface area contributed by atoms with E-state index in [1.807, 2.05) is 60.8 Å². The highest BCUT2D eigenvalue weighted by Crippen LogP contribution is 2.34. The molecule has 1 aromatic carbocycles. The van der Waals surface area contributed by atoms with Crippen LogP contribution in [-0.2, 0) is 4.79 Å². The number of rotatable bonds is 6. The molecule has 0 saturated heterocycles. The molecule has 5 rings (SSSR count). The van der Waals surface area contributed by atoms with Crippen LogP contribution in [0.25, 0.3) is 5.69 Å². The number of tetrazole rings is 1. The largest absolute Gasteiger partial charge is 0.467 e. The van der Waals surface area contributed by atoms with E-state index in [1.54, 1.807) is 22.3 Å². The molecule has 1 amide bonds. The van der Waals surface area contributed by atoms with Gasteiger partial charge in [-0.2, -0.15) is 9.78 Å². The molecule has 4 aromatic rings. The number of amides is 1. The maximum atomic E-state index is 13.2. The van der Waals surface area contributed by atoms with Crippen LogP contribution >= 0.6 is 23.1 Å². The van der Waals surface area contributed by atoms with Crippen LogP contribution in [-0.4, -0.2) is 42.6 Å². The highest BCUT2D eigenvalue weighted by atomic mass is 32.2. The number of nitrogens with zero attached hydrogens (tertiary/aromatic N) is 6. The van der Waals surface area contributed by atoms with E-state index in [2.05, 4.69) is 20.6 Å². The minimum atomic E-state index is -0.257. The van der Waals surface area contributed by atoms with Gasteiger partial charge in [0.15, 0.2) is 0 Å². The molecule has 0 bridgehead atoms. The summed E-state index contributed by atoms with van der Waals surface area (Å²) in [6, 6.07) is 15.3. The van der Waals surface area contributed by atoms with Gasteiger partial charge in [0.05, 0.1) is 28.3 Å². The van der Waals surface area contributed by atoms with Crippen molar-refractivity contribution in [1.82, 2.24) is 25.2 Å². The summed E-state index contributed by atoms with van der Waals surface area (Å²) in [4.78, 5) is 14.2. The number of carbonyl (C=O) groups excluding carboxylic acids is 1. The van der Waals surface area contributed by atoms with E-state index >= 15 is 0 Å². The van der Waals surface area contributed by atoms with E-state index in [-0.39, 0.29) is 17.7 Å². The molecule has 31 heavy (non-hydrogen) atoms. The first-order valence-electron chi connectivity index (χ1n) is 9.64. The van der Waals surface area contributed by atoms with Crippen LogP contribution in [0.3, 0.4) is 0 Å². The molecule has 4 heterocycles. The molecule has 8 nitrogen and oxygen atoms in total. The van der Waals surface area contributed by atoms with Crippen molar-refractivity contribution in [3.05, 3.63) is 76.4 Å². The second-order valence-electron chi connectivity index (χ2n) is 6.95. The number of thiophene rings is 1. The third-order valence-corrected chi connectivity index (χ3v) is 6.78. The van der Waals surface area contributed by atoms with E-state index in [9.17, 15) is 4.79 Å². The Morgan fingerprint density at radius 2 is 2.13 bits per heavy atom. The molecule has 1 atom stereocenters. The third kappa shape index (κ3) is 3.91. The highest BCUT2D eigenvalue weighted by molar-refractivity contribution is 7.99. The van der Waals surface area contributed by atoms with Gasteiger partial charge >= 0.3 is 0 Å². The van der Waals surface area contributed by atoms with E-state index < -0.39 is 0 Å². The molecule has 0 unspecified atom stereocenters. The van der Waals surface area contributed by atoms with Gasteiger partial charge in [0, 0.05) is 6.42 Å². The number of para-hydroxylation sites is 1. The number of aromatic nitrogens is 4. The Bertz CT molecular complexity index is 1220. The molecule has 1 aliphatic heterocycles. The molecule has 0 spiro atoms. The van der Waals surface area contributed by atoms with Crippen LogP contribution in [0.2, 0.25) is 0 Å². The number of hydrazone groups is 1. The number of aryl methyl sites for hydroxylation is 1. The Balaban J connectivity index is 1.36. The van der Waals surface area contributed by atoms with Gasteiger partial charge in [-0.25, -0.2) is 5.01 Å². The van der Waals surface area contributed by atoms with E-state index in [4.69, 9.17) is 4.42 Å². The van der Waals surface area contributed by atoms with Gasteiger partial charge in [-0.15, -0.1) is 16.4 Å². The first kappa shape index (κ1) is 19.7. The Morgan fingerprint density at radius 1 is 1.23 bits per heavy atom. The third-order valence-electron chi connectivity index (χ3n) is 4.95. The predicted molar refractivity (Wildman–Crippen MR) is 118 cm³/mol. The Labute approximate surface area is 186 Å². The topological polar surface area (TPSA) is 89.4 Å². The Kier molecular flexibility index (Phi) is 5.39. The van der Waals surface area contributed by atoms with Crippen molar-refractivity contribution < 1.29 is 9.21 Å². The molecule has 0 N–H and O–H groups in total. The molecule has 10 heteroatoms. The van der Waals surface area contributed by atoms with Gasteiger partial charge in [-0.3, -0.25) is 4.79 Å². The first-order valence-corrected chi connectivity index (χ1v) is 11.5. The fourth-order valence-corrected chi connectivity index (χ4v) is 4.91. The number of thioether (sulfide) groups is 1. The lowest BCUT2D eigenvalue weighted by Crippen LogP contribution is -2.28. The minimum absolute atomic E-state index is 0.128. The van der Waals surface area contributed by atoms with Crippen molar-refractivity contribution in [1.29, 1.82) is 0 Å². The van der Waals surface area contributed by atoms with Crippen molar-refractivity contribution in [2.24, 2.45) is 5.10 Å². The Morgan fingerprint density at radius 3 is 2.90 bits per heavy atom. The van der Waals surface area contributed by atoms with Gasteiger partial charge in [0.1, 0.15) is 11.8 Å². The summed E-state index contributed by atoms with van der Waals surface area (Å²) in [6.45, 7) is 2.00. The lowest BCUT2D eigenvalue weighted by molar-refractivity contribution is -0.130.